The lowest BCUT2D eigenvalue weighted by atomic mass is 9.99. The molecule has 0 saturated carbocycles. The molecule has 0 bridgehead atoms. The van der Waals surface area contributed by atoms with E-state index in [2.05, 4.69) is 26.8 Å². The molecule has 0 spiro atoms. The van der Waals surface area contributed by atoms with Crippen molar-refractivity contribution in [3.8, 4) is 0 Å². The second-order valence-corrected chi connectivity index (χ2v) is 8.80. The molecule has 2 N–H and O–H groups in total. The number of morpholine rings is 1. The van der Waals surface area contributed by atoms with Crippen LogP contribution in [0.5, 0.6) is 0 Å². The molecular formula is C21H33FN4O2S. The van der Waals surface area contributed by atoms with Gasteiger partial charge < -0.3 is 20.1 Å². The van der Waals surface area contributed by atoms with Crippen molar-refractivity contribution in [1.29, 1.82) is 0 Å². The summed E-state index contributed by atoms with van der Waals surface area (Å²) in [5.74, 6) is 0.587. The maximum atomic E-state index is 13.4. The molecule has 162 valence electrons. The number of ether oxygens (including phenoxy) is 2. The number of hydrogen-bond acceptors (Lipinski definition) is 5. The highest BCUT2D eigenvalue weighted by atomic mass is 32.2. The van der Waals surface area contributed by atoms with Crippen LogP contribution < -0.4 is 10.6 Å². The highest BCUT2D eigenvalue weighted by molar-refractivity contribution is 8.00. The van der Waals surface area contributed by atoms with Gasteiger partial charge in [0, 0.05) is 51.2 Å². The van der Waals surface area contributed by atoms with Crippen molar-refractivity contribution in [2.24, 2.45) is 4.99 Å². The highest BCUT2D eigenvalue weighted by Gasteiger charge is 2.32. The molecule has 3 rings (SSSR count). The van der Waals surface area contributed by atoms with Crippen molar-refractivity contribution in [2.45, 2.75) is 23.6 Å². The van der Waals surface area contributed by atoms with Crippen LogP contribution in [-0.4, -0.2) is 81.5 Å². The molecule has 1 aromatic carbocycles. The van der Waals surface area contributed by atoms with Crippen LogP contribution in [0.1, 0.15) is 24.4 Å². The van der Waals surface area contributed by atoms with Crippen LogP contribution in [0, 0.1) is 5.82 Å². The summed E-state index contributed by atoms with van der Waals surface area (Å²) in [7, 11) is 1.80. The summed E-state index contributed by atoms with van der Waals surface area (Å²) in [6.07, 6.45) is 4.26. The minimum Gasteiger partial charge on any atom is -0.381 e. The number of thioether (sulfide) groups is 1. The number of guanidine groups is 1. The number of aliphatic imine (C=N–C) groups is 1. The summed E-state index contributed by atoms with van der Waals surface area (Å²) in [6.45, 7) is 6.37. The molecule has 0 aromatic heterocycles. The Hall–Kier alpha value is -1.35. The van der Waals surface area contributed by atoms with Gasteiger partial charge in [-0.2, -0.15) is 11.8 Å². The Morgan fingerprint density at radius 2 is 1.79 bits per heavy atom. The zero-order chi connectivity index (χ0) is 20.5. The fourth-order valence-electron chi connectivity index (χ4n) is 3.89. The summed E-state index contributed by atoms with van der Waals surface area (Å²) < 4.78 is 24.7. The molecule has 1 unspecified atom stereocenters. The highest BCUT2D eigenvalue weighted by Crippen LogP contribution is 2.33. The van der Waals surface area contributed by atoms with Crippen molar-refractivity contribution < 1.29 is 13.9 Å². The van der Waals surface area contributed by atoms with E-state index in [1.165, 1.54) is 12.1 Å². The molecule has 1 aromatic rings. The molecule has 29 heavy (non-hydrogen) atoms. The van der Waals surface area contributed by atoms with E-state index in [4.69, 9.17) is 9.47 Å². The van der Waals surface area contributed by atoms with Gasteiger partial charge in [-0.3, -0.25) is 9.89 Å². The van der Waals surface area contributed by atoms with Crippen LogP contribution in [0.25, 0.3) is 0 Å². The first-order chi connectivity index (χ1) is 14.2. The minimum atomic E-state index is -0.210. The Bertz CT molecular complexity index is 647. The van der Waals surface area contributed by atoms with Gasteiger partial charge in [0.25, 0.3) is 0 Å². The standard InChI is InChI=1S/C21H33FN4O2S/c1-23-20(25-16-21(29-2)7-11-27-12-8-21)24-15-19(26-9-13-28-14-10-26)17-3-5-18(22)6-4-17/h3-6,19H,7-16H2,1-2H3,(H2,23,24,25). The number of nitrogens with one attached hydrogen (secondary N) is 2. The van der Waals surface area contributed by atoms with Crippen LogP contribution in [0.3, 0.4) is 0 Å². The van der Waals surface area contributed by atoms with Crippen molar-refractivity contribution >= 4 is 17.7 Å². The van der Waals surface area contributed by atoms with E-state index < -0.39 is 0 Å². The van der Waals surface area contributed by atoms with Crippen LogP contribution >= 0.6 is 11.8 Å². The molecule has 1 atom stereocenters. The Kier molecular flexibility index (Phi) is 8.59. The Morgan fingerprint density at radius 1 is 1.14 bits per heavy atom. The molecule has 2 saturated heterocycles. The molecule has 2 fully saturated rings. The van der Waals surface area contributed by atoms with Gasteiger partial charge >= 0.3 is 0 Å². The number of hydrogen-bond donors (Lipinski definition) is 2. The van der Waals surface area contributed by atoms with Gasteiger partial charge in [-0.1, -0.05) is 12.1 Å². The first-order valence-corrected chi connectivity index (χ1v) is 11.5. The largest absolute Gasteiger partial charge is 0.381 e. The van der Waals surface area contributed by atoms with Gasteiger partial charge in [-0.05, 0) is 36.8 Å². The third kappa shape index (κ3) is 6.31. The first kappa shape index (κ1) is 22.3. The van der Waals surface area contributed by atoms with Gasteiger partial charge in [0.05, 0.1) is 19.3 Å². The third-order valence-electron chi connectivity index (χ3n) is 5.84. The molecule has 0 aliphatic carbocycles. The molecule has 2 heterocycles. The van der Waals surface area contributed by atoms with E-state index in [0.717, 1.165) is 70.4 Å². The smallest absolute Gasteiger partial charge is 0.191 e. The summed E-state index contributed by atoms with van der Waals surface area (Å²) >= 11 is 1.91. The molecule has 6 nitrogen and oxygen atoms in total. The zero-order valence-corrected chi connectivity index (χ0v) is 18.3. The Labute approximate surface area is 177 Å². The van der Waals surface area contributed by atoms with Gasteiger partial charge in [0.15, 0.2) is 5.96 Å². The maximum Gasteiger partial charge on any atom is 0.191 e. The average Bonchev–Trinajstić information content (AvgIpc) is 2.78. The van der Waals surface area contributed by atoms with Crippen LogP contribution in [0.15, 0.2) is 29.3 Å². The lowest BCUT2D eigenvalue weighted by Crippen LogP contribution is -2.50. The van der Waals surface area contributed by atoms with Gasteiger partial charge in [0.1, 0.15) is 5.82 Å². The monoisotopic (exact) mass is 424 g/mol. The fraction of sp³-hybridized carbons (Fsp3) is 0.667. The van der Waals surface area contributed by atoms with Crippen molar-refractivity contribution in [1.82, 2.24) is 15.5 Å². The topological polar surface area (TPSA) is 58.1 Å². The second kappa shape index (κ2) is 11.2. The Balaban J connectivity index is 1.61. The van der Waals surface area contributed by atoms with Crippen molar-refractivity contribution in [2.75, 3.05) is 65.9 Å². The van der Waals surface area contributed by atoms with E-state index >= 15 is 0 Å². The lowest BCUT2D eigenvalue weighted by Gasteiger charge is -2.37. The molecule has 0 amide bonds. The maximum absolute atomic E-state index is 13.4. The minimum absolute atomic E-state index is 0.135. The number of nitrogens with zero attached hydrogens (tertiary/aromatic N) is 2. The number of benzene rings is 1. The van der Waals surface area contributed by atoms with E-state index in [9.17, 15) is 4.39 Å². The van der Waals surface area contributed by atoms with Crippen LogP contribution in [0.4, 0.5) is 4.39 Å². The van der Waals surface area contributed by atoms with Crippen molar-refractivity contribution in [3.63, 3.8) is 0 Å². The number of rotatable bonds is 7. The van der Waals surface area contributed by atoms with E-state index in [1.807, 2.05) is 23.9 Å². The van der Waals surface area contributed by atoms with Crippen LogP contribution in [0.2, 0.25) is 0 Å². The summed E-state index contributed by atoms with van der Waals surface area (Å²) in [5.41, 5.74) is 1.10. The van der Waals surface area contributed by atoms with E-state index in [-0.39, 0.29) is 16.6 Å². The predicted molar refractivity (Wildman–Crippen MR) is 117 cm³/mol. The molecule has 0 radical (unpaired) electrons. The lowest BCUT2D eigenvalue weighted by molar-refractivity contribution is 0.0169. The molecule has 2 aliphatic heterocycles. The quantitative estimate of drug-likeness (QED) is 0.517. The summed E-state index contributed by atoms with van der Waals surface area (Å²) in [5, 5.41) is 6.99. The fourth-order valence-corrected chi connectivity index (χ4v) is 4.68. The first-order valence-electron chi connectivity index (χ1n) is 10.3. The number of halogens is 1. The second-order valence-electron chi connectivity index (χ2n) is 7.52. The average molecular weight is 425 g/mol. The third-order valence-corrected chi connectivity index (χ3v) is 7.26. The predicted octanol–water partition coefficient (Wildman–Crippen LogP) is 2.28. The van der Waals surface area contributed by atoms with E-state index in [1.54, 1.807) is 7.05 Å². The molecular weight excluding hydrogens is 391 g/mol. The molecule has 8 heteroatoms. The normalized spacial score (nSPS) is 21.6. The summed E-state index contributed by atoms with van der Waals surface area (Å²) in [4.78, 5) is 6.80. The summed E-state index contributed by atoms with van der Waals surface area (Å²) in [6, 6.07) is 6.94. The van der Waals surface area contributed by atoms with Gasteiger partial charge in [0.2, 0.25) is 0 Å². The van der Waals surface area contributed by atoms with Crippen LogP contribution in [-0.2, 0) is 9.47 Å². The van der Waals surface area contributed by atoms with E-state index in [0.29, 0.717) is 6.54 Å². The van der Waals surface area contributed by atoms with Gasteiger partial charge in [-0.15, -0.1) is 0 Å². The van der Waals surface area contributed by atoms with Crippen molar-refractivity contribution in [3.05, 3.63) is 35.6 Å². The Morgan fingerprint density at radius 3 is 2.41 bits per heavy atom. The SMILES string of the molecule is CN=C(NCC(c1ccc(F)cc1)N1CCOCC1)NCC1(SC)CCOCC1. The molecule has 2 aliphatic rings. The zero-order valence-electron chi connectivity index (χ0n) is 17.5. The van der Waals surface area contributed by atoms with Gasteiger partial charge in [-0.25, -0.2) is 4.39 Å².